The summed E-state index contributed by atoms with van der Waals surface area (Å²) in [6.45, 7) is 3.61. The van der Waals surface area contributed by atoms with Gasteiger partial charge in [0.1, 0.15) is 0 Å². The van der Waals surface area contributed by atoms with E-state index in [-0.39, 0.29) is 0 Å². The van der Waals surface area contributed by atoms with Gasteiger partial charge in [-0.25, -0.2) is 0 Å². The highest BCUT2D eigenvalue weighted by molar-refractivity contribution is 5.15. The Balaban J connectivity index is 1.72. The summed E-state index contributed by atoms with van der Waals surface area (Å²) in [5, 5.41) is 3.67. The molecule has 2 saturated heterocycles. The van der Waals surface area contributed by atoms with E-state index in [1.807, 2.05) is 0 Å². The Morgan fingerprint density at radius 2 is 2.00 bits per heavy atom. The average Bonchev–Trinajstić information content (AvgIpc) is 2.75. The average molecular weight is 230 g/mol. The van der Waals surface area contributed by atoms with E-state index in [9.17, 15) is 0 Å². The molecule has 0 saturated carbocycles. The van der Waals surface area contributed by atoms with Crippen molar-refractivity contribution in [2.45, 2.75) is 44.3 Å². The van der Waals surface area contributed by atoms with Crippen molar-refractivity contribution in [2.24, 2.45) is 0 Å². The Morgan fingerprint density at radius 3 is 2.88 bits per heavy atom. The number of rotatable bonds is 2. The summed E-state index contributed by atoms with van der Waals surface area (Å²) in [4.78, 5) is 2.70. The normalized spacial score (nSPS) is 29.9. The predicted molar refractivity (Wildman–Crippen MR) is 70.9 cm³/mol. The fourth-order valence-electron chi connectivity index (χ4n) is 3.34. The summed E-state index contributed by atoms with van der Waals surface area (Å²) in [5.41, 5.74) is 1.46. The lowest BCUT2D eigenvalue weighted by molar-refractivity contribution is 0.186. The first-order valence-corrected chi connectivity index (χ1v) is 6.95. The maximum Gasteiger partial charge on any atom is 0.0264 e. The highest BCUT2D eigenvalue weighted by Crippen LogP contribution is 2.25. The molecule has 2 nitrogen and oxygen atoms in total. The van der Waals surface area contributed by atoms with Crippen LogP contribution >= 0.6 is 0 Å². The fraction of sp³-hybridized carbons (Fsp3) is 0.600. The van der Waals surface area contributed by atoms with Gasteiger partial charge in [0.2, 0.25) is 0 Å². The van der Waals surface area contributed by atoms with E-state index >= 15 is 0 Å². The van der Waals surface area contributed by atoms with Crippen LogP contribution in [0.25, 0.3) is 0 Å². The van der Waals surface area contributed by atoms with Crippen LogP contribution in [-0.4, -0.2) is 30.1 Å². The lowest BCUT2D eigenvalue weighted by Crippen LogP contribution is -2.41. The van der Waals surface area contributed by atoms with Crippen molar-refractivity contribution in [3.05, 3.63) is 35.9 Å². The molecule has 2 aliphatic rings. The van der Waals surface area contributed by atoms with E-state index in [4.69, 9.17) is 0 Å². The topological polar surface area (TPSA) is 15.3 Å². The third-order valence-electron chi connectivity index (χ3n) is 4.22. The molecule has 1 aromatic rings. The molecule has 0 bridgehead atoms. The summed E-state index contributed by atoms with van der Waals surface area (Å²) in [5.74, 6) is 0. The zero-order valence-corrected chi connectivity index (χ0v) is 10.4. The van der Waals surface area contributed by atoms with E-state index in [2.05, 4.69) is 40.5 Å². The van der Waals surface area contributed by atoms with Gasteiger partial charge in [0.05, 0.1) is 0 Å². The van der Waals surface area contributed by atoms with Crippen molar-refractivity contribution in [2.75, 3.05) is 13.1 Å². The standard InChI is InChI=1S/C15H22N2/c1-2-6-13(7-3-1)12-17-11-5-4-8-14-15(17)9-10-16-14/h1-3,6-7,14-16H,4-5,8-12H2/t14-,15-/m1/s1. The minimum absolute atomic E-state index is 0.751. The van der Waals surface area contributed by atoms with Crippen LogP contribution in [0.5, 0.6) is 0 Å². The van der Waals surface area contributed by atoms with E-state index in [1.54, 1.807) is 0 Å². The Labute approximate surface area is 104 Å². The van der Waals surface area contributed by atoms with Crippen LogP contribution in [0.3, 0.4) is 0 Å². The molecule has 3 rings (SSSR count). The van der Waals surface area contributed by atoms with Crippen molar-refractivity contribution in [1.29, 1.82) is 0 Å². The second-order valence-electron chi connectivity index (χ2n) is 5.37. The van der Waals surface area contributed by atoms with Gasteiger partial charge in [-0.1, -0.05) is 36.8 Å². The van der Waals surface area contributed by atoms with E-state index in [1.165, 1.54) is 44.3 Å². The van der Waals surface area contributed by atoms with E-state index in [0.717, 1.165) is 18.6 Å². The minimum Gasteiger partial charge on any atom is -0.312 e. The van der Waals surface area contributed by atoms with Crippen molar-refractivity contribution >= 4 is 0 Å². The molecule has 1 aromatic carbocycles. The molecule has 0 aromatic heterocycles. The molecule has 1 N–H and O–H groups in total. The summed E-state index contributed by atoms with van der Waals surface area (Å²) in [7, 11) is 0. The molecule has 0 spiro atoms. The van der Waals surface area contributed by atoms with Gasteiger partial charge in [0.25, 0.3) is 0 Å². The summed E-state index contributed by atoms with van der Waals surface area (Å²) >= 11 is 0. The third-order valence-corrected chi connectivity index (χ3v) is 4.22. The Hall–Kier alpha value is -0.860. The van der Waals surface area contributed by atoms with Crippen molar-refractivity contribution in [1.82, 2.24) is 10.2 Å². The fourth-order valence-corrected chi connectivity index (χ4v) is 3.34. The number of nitrogens with zero attached hydrogens (tertiary/aromatic N) is 1. The number of benzene rings is 1. The minimum atomic E-state index is 0.751. The second kappa shape index (κ2) is 5.19. The van der Waals surface area contributed by atoms with Crippen LogP contribution < -0.4 is 5.32 Å². The van der Waals surface area contributed by atoms with E-state index < -0.39 is 0 Å². The molecule has 17 heavy (non-hydrogen) atoms. The first kappa shape index (κ1) is 11.2. The number of hydrogen-bond acceptors (Lipinski definition) is 2. The van der Waals surface area contributed by atoms with Gasteiger partial charge < -0.3 is 5.32 Å². The van der Waals surface area contributed by atoms with E-state index in [0.29, 0.717) is 0 Å². The molecule has 2 heterocycles. The smallest absolute Gasteiger partial charge is 0.0264 e. The molecule has 2 aliphatic heterocycles. The number of likely N-dealkylation sites (tertiary alicyclic amines) is 1. The third kappa shape index (κ3) is 2.53. The SMILES string of the molecule is c1ccc(CN2CCCC[C@H]3NCC[C@H]32)cc1. The molecule has 2 fully saturated rings. The van der Waals surface area contributed by atoms with Crippen LogP contribution in [0, 0.1) is 0 Å². The Morgan fingerprint density at radius 1 is 1.12 bits per heavy atom. The van der Waals surface area contributed by atoms with Gasteiger partial charge in [-0.15, -0.1) is 0 Å². The molecule has 92 valence electrons. The predicted octanol–water partition coefficient (Wildman–Crippen LogP) is 2.40. The molecular formula is C15H22N2. The number of fused-ring (bicyclic) bond motifs is 1. The highest BCUT2D eigenvalue weighted by atomic mass is 15.2. The zero-order valence-electron chi connectivity index (χ0n) is 10.4. The van der Waals surface area contributed by atoms with Crippen LogP contribution in [0.4, 0.5) is 0 Å². The lowest BCUT2D eigenvalue weighted by Gasteiger charge is -2.30. The molecular weight excluding hydrogens is 208 g/mol. The highest BCUT2D eigenvalue weighted by Gasteiger charge is 2.32. The first-order chi connectivity index (χ1) is 8.43. The zero-order chi connectivity index (χ0) is 11.5. The van der Waals surface area contributed by atoms with Gasteiger partial charge in [0.15, 0.2) is 0 Å². The van der Waals surface area contributed by atoms with Crippen molar-refractivity contribution in [3.8, 4) is 0 Å². The first-order valence-electron chi connectivity index (χ1n) is 6.95. The van der Waals surface area contributed by atoms with Crippen LogP contribution in [0.1, 0.15) is 31.2 Å². The summed E-state index contributed by atoms with van der Waals surface area (Å²) in [6.07, 6.45) is 5.45. The van der Waals surface area contributed by atoms with Gasteiger partial charge in [-0.05, 0) is 37.9 Å². The maximum absolute atomic E-state index is 3.67. The summed E-state index contributed by atoms with van der Waals surface area (Å²) in [6, 6.07) is 12.4. The van der Waals surface area contributed by atoms with Crippen molar-refractivity contribution in [3.63, 3.8) is 0 Å². The van der Waals surface area contributed by atoms with Gasteiger partial charge in [0, 0.05) is 18.6 Å². The molecule has 0 radical (unpaired) electrons. The maximum atomic E-state index is 3.67. The van der Waals surface area contributed by atoms with Gasteiger partial charge in [-0.2, -0.15) is 0 Å². The number of nitrogens with one attached hydrogen (secondary N) is 1. The summed E-state index contributed by atoms with van der Waals surface area (Å²) < 4.78 is 0. The van der Waals surface area contributed by atoms with Crippen LogP contribution in [-0.2, 0) is 6.54 Å². The van der Waals surface area contributed by atoms with Gasteiger partial charge >= 0.3 is 0 Å². The monoisotopic (exact) mass is 230 g/mol. The number of hydrogen-bond donors (Lipinski definition) is 1. The largest absolute Gasteiger partial charge is 0.312 e. The molecule has 2 heteroatoms. The quantitative estimate of drug-likeness (QED) is 0.839. The lowest BCUT2D eigenvalue weighted by atomic mass is 10.0. The second-order valence-corrected chi connectivity index (χ2v) is 5.37. The van der Waals surface area contributed by atoms with Crippen LogP contribution in [0.15, 0.2) is 30.3 Å². The molecule has 0 aliphatic carbocycles. The van der Waals surface area contributed by atoms with Crippen molar-refractivity contribution < 1.29 is 0 Å². The molecule has 0 amide bonds. The molecule has 2 atom stereocenters. The van der Waals surface area contributed by atoms with Crippen LogP contribution in [0.2, 0.25) is 0 Å². The Bertz CT molecular complexity index is 349. The Kier molecular flexibility index (Phi) is 3.44. The molecule has 0 unspecified atom stereocenters. The van der Waals surface area contributed by atoms with Gasteiger partial charge in [-0.3, -0.25) is 4.90 Å².